The van der Waals surface area contributed by atoms with Gasteiger partial charge < -0.3 is 9.64 Å². The molecule has 0 N–H and O–H groups in total. The number of rotatable bonds is 6. The van der Waals surface area contributed by atoms with Crippen LogP contribution in [0.15, 0.2) is 24.3 Å². The highest BCUT2D eigenvalue weighted by atomic mass is 16.5. The Bertz CT molecular complexity index is 1050. The smallest absolute Gasteiger partial charge is 0.233 e. The minimum atomic E-state index is -0.0959. The maximum absolute atomic E-state index is 13.1. The van der Waals surface area contributed by atoms with Crippen LogP contribution in [-0.2, 0) is 22.6 Å². The maximum Gasteiger partial charge on any atom is 0.233 e. The molecule has 0 spiro atoms. The number of fused-ring (bicyclic) bond motifs is 1. The molecule has 7 heteroatoms. The van der Waals surface area contributed by atoms with E-state index in [0.717, 1.165) is 42.0 Å². The molecule has 1 atom stereocenters. The fourth-order valence-corrected chi connectivity index (χ4v) is 5.54. The number of methoxy groups -OCH3 is 1. The molecule has 1 aromatic carbocycles. The first-order valence-corrected chi connectivity index (χ1v) is 12.1. The Kier molecular flexibility index (Phi) is 6.04. The van der Waals surface area contributed by atoms with E-state index in [-0.39, 0.29) is 17.9 Å². The normalized spacial score (nSPS) is 20.5. The van der Waals surface area contributed by atoms with Gasteiger partial charge in [0.25, 0.3) is 0 Å². The Morgan fingerprint density at radius 1 is 1.09 bits per heavy atom. The number of nitrogens with zero attached hydrogens (tertiary/aromatic N) is 4. The largest absolute Gasteiger partial charge is 0.497 e. The van der Waals surface area contributed by atoms with Gasteiger partial charge >= 0.3 is 0 Å². The first kappa shape index (κ1) is 21.9. The summed E-state index contributed by atoms with van der Waals surface area (Å²) in [5.41, 5.74) is 2.76. The molecular weight excluding hydrogens is 416 g/mol. The van der Waals surface area contributed by atoms with Gasteiger partial charge in [0.2, 0.25) is 11.8 Å². The average molecular weight is 449 g/mol. The van der Waals surface area contributed by atoms with E-state index >= 15 is 0 Å². The van der Waals surface area contributed by atoms with Crippen LogP contribution in [-0.4, -0.2) is 40.3 Å². The zero-order chi connectivity index (χ0) is 22.9. The Hall–Kier alpha value is -2.96. The van der Waals surface area contributed by atoms with Gasteiger partial charge in [-0.3, -0.25) is 14.5 Å². The van der Waals surface area contributed by atoms with Crippen LogP contribution in [0.3, 0.4) is 0 Å². The summed E-state index contributed by atoms with van der Waals surface area (Å²) < 4.78 is 5.24. The molecule has 1 aliphatic carbocycles. The molecule has 2 aromatic rings. The van der Waals surface area contributed by atoms with E-state index in [1.165, 1.54) is 25.7 Å². The van der Waals surface area contributed by atoms with Crippen LogP contribution in [0.1, 0.15) is 73.6 Å². The number of ether oxygens (including phenoxy) is 1. The second-order valence-electron chi connectivity index (χ2n) is 9.57. The summed E-state index contributed by atoms with van der Waals surface area (Å²) in [5, 5.41) is 0. The molecule has 2 amide bonds. The highest BCUT2D eigenvalue weighted by Gasteiger charge is 2.37. The molecule has 33 heavy (non-hydrogen) atoms. The number of likely N-dealkylation sites (tertiary alicyclic amines) is 1. The molecular formula is C26H32N4O3. The Balaban J connectivity index is 1.39. The van der Waals surface area contributed by atoms with Crippen LogP contribution in [0.4, 0.5) is 5.82 Å². The van der Waals surface area contributed by atoms with Crippen molar-refractivity contribution in [1.82, 2.24) is 14.9 Å². The predicted octanol–water partition coefficient (Wildman–Crippen LogP) is 4.13. The van der Waals surface area contributed by atoms with Crippen molar-refractivity contribution in [2.45, 2.75) is 70.9 Å². The molecule has 1 saturated heterocycles. The summed E-state index contributed by atoms with van der Waals surface area (Å²) in [6.07, 6.45) is 7.63. The predicted molar refractivity (Wildman–Crippen MR) is 125 cm³/mol. The molecule has 0 bridgehead atoms. The molecule has 5 rings (SSSR count). The first-order chi connectivity index (χ1) is 16.0. The quantitative estimate of drug-likeness (QED) is 0.664. The van der Waals surface area contributed by atoms with Gasteiger partial charge in [0.05, 0.1) is 26.1 Å². The van der Waals surface area contributed by atoms with E-state index in [0.29, 0.717) is 36.9 Å². The third-order valence-electron chi connectivity index (χ3n) is 7.40. The minimum Gasteiger partial charge on any atom is -0.497 e. The Morgan fingerprint density at radius 2 is 1.85 bits per heavy atom. The fourth-order valence-electron chi connectivity index (χ4n) is 5.54. The summed E-state index contributed by atoms with van der Waals surface area (Å²) >= 11 is 0. The van der Waals surface area contributed by atoms with Crippen molar-refractivity contribution >= 4 is 17.6 Å². The SMILES string of the molecule is COc1ccc(CN2C(=O)Cc3c(C)nc(C4CCCN4C(=O)CC4CCCC4)nc32)cc1. The lowest BCUT2D eigenvalue weighted by Crippen LogP contribution is -2.33. The van der Waals surface area contributed by atoms with Crippen LogP contribution in [0.25, 0.3) is 0 Å². The summed E-state index contributed by atoms with van der Waals surface area (Å²) in [6.45, 7) is 3.18. The van der Waals surface area contributed by atoms with Gasteiger partial charge in [-0.25, -0.2) is 9.97 Å². The summed E-state index contributed by atoms with van der Waals surface area (Å²) in [6, 6.07) is 7.65. The van der Waals surface area contributed by atoms with Crippen LogP contribution < -0.4 is 9.64 Å². The Labute approximate surface area is 195 Å². The van der Waals surface area contributed by atoms with E-state index in [1.54, 1.807) is 12.0 Å². The molecule has 2 aliphatic heterocycles. The fraction of sp³-hybridized carbons (Fsp3) is 0.538. The second-order valence-corrected chi connectivity index (χ2v) is 9.57. The van der Waals surface area contributed by atoms with E-state index in [2.05, 4.69) is 0 Å². The van der Waals surface area contributed by atoms with Crippen molar-refractivity contribution in [3.63, 3.8) is 0 Å². The van der Waals surface area contributed by atoms with Crippen molar-refractivity contribution in [2.24, 2.45) is 5.92 Å². The van der Waals surface area contributed by atoms with Crippen LogP contribution >= 0.6 is 0 Å². The number of aromatic nitrogens is 2. The van der Waals surface area contributed by atoms with Crippen LogP contribution in [0.2, 0.25) is 0 Å². The number of carbonyl (C=O) groups is 2. The average Bonchev–Trinajstić information content (AvgIpc) is 3.56. The number of anilines is 1. The molecule has 1 unspecified atom stereocenters. The molecule has 1 aromatic heterocycles. The minimum absolute atomic E-state index is 0.0379. The van der Waals surface area contributed by atoms with Crippen molar-refractivity contribution in [3.05, 3.63) is 46.9 Å². The number of benzene rings is 1. The molecule has 174 valence electrons. The molecule has 0 radical (unpaired) electrons. The number of amides is 2. The zero-order valence-corrected chi connectivity index (χ0v) is 19.5. The van der Waals surface area contributed by atoms with Crippen molar-refractivity contribution < 1.29 is 14.3 Å². The maximum atomic E-state index is 13.1. The van der Waals surface area contributed by atoms with Crippen LogP contribution in [0.5, 0.6) is 5.75 Å². The summed E-state index contributed by atoms with van der Waals surface area (Å²) in [7, 11) is 1.64. The standard InChI is InChI=1S/C26H32N4O3/c1-17-21-15-24(32)30(16-19-9-11-20(33-2)12-10-19)26(21)28-25(27-17)22-8-5-13-29(22)23(31)14-18-6-3-4-7-18/h9-12,18,22H,3-8,13-16H2,1-2H3. The molecule has 7 nitrogen and oxygen atoms in total. The van der Waals surface area contributed by atoms with Gasteiger partial charge in [-0.2, -0.15) is 0 Å². The van der Waals surface area contributed by atoms with E-state index in [4.69, 9.17) is 14.7 Å². The topological polar surface area (TPSA) is 75.6 Å². The molecule has 3 aliphatic rings. The molecule has 2 fully saturated rings. The van der Waals surface area contributed by atoms with Gasteiger partial charge in [-0.1, -0.05) is 25.0 Å². The second kappa shape index (κ2) is 9.12. The van der Waals surface area contributed by atoms with Gasteiger partial charge in [0, 0.05) is 24.2 Å². The van der Waals surface area contributed by atoms with Gasteiger partial charge in [-0.05, 0) is 56.2 Å². The van der Waals surface area contributed by atoms with E-state index in [1.807, 2.05) is 36.1 Å². The lowest BCUT2D eigenvalue weighted by molar-refractivity contribution is -0.133. The monoisotopic (exact) mass is 448 g/mol. The first-order valence-electron chi connectivity index (χ1n) is 12.1. The van der Waals surface area contributed by atoms with Gasteiger partial charge in [-0.15, -0.1) is 0 Å². The van der Waals surface area contributed by atoms with E-state index in [9.17, 15) is 9.59 Å². The van der Waals surface area contributed by atoms with Crippen molar-refractivity contribution in [2.75, 3.05) is 18.6 Å². The Morgan fingerprint density at radius 3 is 2.58 bits per heavy atom. The molecule has 3 heterocycles. The third-order valence-corrected chi connectivity index (χ3v) is 7.40. The van der Waals surface area contributed by atoms with Gasteiger partial charge in [0.1, 0.15) is 11.6 Å². The lowest BCUT2D eigenvalue weighted by Gasteiger charge is -2.26. The summed E-state index contributed by atoms with van der Waals surface area (Å²) in [4.78, 5) is 39.4. The lowest BCUT2D eigenvalue weighted by atomic mass is 10.0. The highest BCUT2D eigenvalue weighted by Crippen LogP contribution is 2.37. The number of hydrogen-bond donors (Lipinski definition) is 0. The number of carbonyl (C=O) groups excluding carboxylic acids is 2. The third kappa shape index (κ3) is 4.33. The highest BCUT2D eigenvalue weighted by molar-refractivity contribution is 6.00. The zero-order valence-electron chi connectivity index (χ0n) is 19.5. The van der Waals surface area contributed by atoms with Crippen molar-refractivity contribution in [1.29, 1.82) is 0 Å². The van der Waals surface area contributed by atoms with Crippen LogP contribution in [0, 0.1) is 12.8 Å². The summed E-state index contributed by atoms with van der Waals surface area (Å²) in [5.74, 6) is 2.97. The molecule has 1 saturated carbocycles. The van der Waals surface area contributed by atoms with Crippen molar-refractivity contribution in [3.8, 4) is 5.75 Å². The van der Waals surface area contributed by atoms with E-state index < -0.39 is 0 Å². The number of aryl methyl sites for hydroxylation is 1. The number of hydrogen-bond acceptors (Lipinski definition) is 5. The van der Waals surface area contributed by atoms with Gasteiger partial charge in [0.15, 0.2) is 5.82 Å².